The standard InChI is InChI=1S/C12H13NO2S2/c1-12(15,10-3-2-5-17-10)8-13-11(14)9-4-6-16-7-9/h2-7,15H,8H2,1H3,(H,13,14)/t12-/m1/s1. The molecule has 2 rings (SSSR count). The van der Waals surface area contributed by atoms with Gasteiger partial charge in [0.15, 0.2) is 0 Å². The zero-order valence-corrected chi connectivity index (χ0v) is 11.0. The Morgan fingerprint density at radius 3 is 2.88 bits per heavy atom. The lowest BCUT2D eigenvalue weighted by atomic mass is 10.1. The molecule has 2 heterocycles. The predicted octanol–water partition coefficient (Wildman–Crippen LogP) is 2.45. The molecule has 0 saturated carbocycles. The third-order valence-electron chi connectivity index (χ3n) is 2.43. The van der Waals surface area contributed by atoms with Crippen LogP contribution >= 0.6 is 22.7 Å². The minimum Gasteiger partial charge on any atom is -0.383 e. The van der Waals surface area contributed by atoms with Crippen molar-refractivity contribution in [2.75, 3.05) is 6.54 Å². The summed E-state index contributed by atoms with van der Waals surface area (Å²) in [6.45, 7) is 1.91. The van der Waals surface area contributed by atoms with Crippen LogP contribution in [0.15, 0.2) is 34.3 Å². The van der Waals surface area contributed by atoms with Gasteiger partial charge in [-0.05, 0) is 29.8 Å². The lowest BCUT2D eigenvalue weighted by Crippen LogP contribution is -2.37. The summed E-state index contributed by atoms with van der Waals surface area (Å²) in [5, 5.41) is 18.5. The van der Waals surface area contributed by atoms with Gasteiger partial charge in [0, 0.05) is 15.8 Å². The second kappa shape index (κ2) is 5.00. The fourth-order valence-corrected chi connectivity index (χ4v) is 2.84. The van der Waals surface area contributed by atoms with E-state index in [2.05, 4.69) is 5.32 Å². The molecule has 2 N–H and O–H groups in total. The zero-order chi connectivity index (χ0) is 12.3. The largest absolute Gasteiger partial charge is 0.383 e. The molecular weight excluding hydrogens is 254 g/mol. The molecule has 0 unspecified atom stereocenters. The van der Waals surface area contributed by atoms with Crippen LogP contribution < -0.4 is 5.32 Å². The van der Waals surface area contributed by atoms with E-state index in [1.807, 2.05) is 22.9 Å². The van der Waals surface area contributed by atoms with E-state index < -0.39 is 5.60 Å². The molecule has 0 radical (unpaired) electrons. The summed E-state index contributed by atoms with van der Waals surface area (Å²) in [7, 11) is 0. The number of hydrogen-bond donors (Lipinski definition) is 2. The van der Waals surface area contributed by atoms with Crippen LogP contribution in [0.25, 0.3) is 0 Å². The minimum absolute atomic E-state index is 0.150. The van der Waals surface area contributed by atoms with Gasteiger partial charge in [-0.1, -0.05) is 6.07 Å². The first-order valence-corrected chi connectivity index (χ1v) is 6.98. The molecule has 0 aliphatic rings. The average molecular weight is 267 g/mol. The molecule has 0 fully saturated rings. The van der Waals surface area contributed by atoms with Gasteiger partial charge >= 0.3 is 0 Å². The van der Waals surface area contributed by atoms with E-state index in [0.29, 0.717) is 5.56 Å². The van der Waals surface area contributed by atoms with E-state index in [1.165, 1.54) is 22.7 Å². The quantitative estimate of drug-likeness (QED) is 0.894. The average Bonchev–Trinajstić information content (AvgIpc) is 2.97. The Morgan fingerprint density at radius 1 is 1.47 bits per heavy atom. The summed E-state index contributed by atoms with van der Waals surface area (Å²) in [6.07, 6.45) is 0. The van der Waals surface area contributed by atoms with Crippen molar-refractivity contribution >= 4 is 28.6 Å². The molecule has 1 atom stereocenters. The number of nitrogens with one attached hydrogen (secondary N) is 1. The van der Waals surface area contributed by atoms with Gasteiger partial charge in [-0.25, -0.2) is 0 Å². The Hall–Kier alpha value is -1.17. The van der Waals surface area contributed by atoms with Crippen molar-refractivity contribution in [2.45, 2.75) is 12.5 Å². The fraction of sp³-hybridized carbons (Fsp3) is 0.250. The second-order valence-corrected chi connectivity index (χ2v) is 5.67. The van der Waals surface area contributed by atoms with Crippen molar-refractivity contribution < 1.29 is 9.90 Å². The fourth-order valence-electron chi connectivity index (χ4n) is 1.42. The molecule has 0 spiro atoms. The second-order valence-electron chi connectivity index (χ2n) is 3.95. The van der Waals surface area contributed by atoms with Gasteiger partial charge in [-0.3, -0.25) is 4.79 Å². The van der Waals surface area contributed by atoms with Gasteiger partial charge < -0.3 is 10.4 Å². The third-order valence-corrected chi connectivity index (χ3v) is 4.23. The van der Waals surface area contributed by atoms with Crippen LogP contribution in [0.5, 0.6) is 0 Å². The summed E-state index contributed by atoms with van der Waals surface area (Å²) in [5.41, 5.74) is -0.378. The maximum absolute atomic E-state index is 11.7. The Kier molecular flexibility index (Phi) is 3.61. The molecule has 2 aromatic rings. The Balaban J connectivity index is 1.96. The van der Waals surface area contributed by atoms with Gasteiger partial charge in [0.2, 0.25) is 0 Å². The van der Waals surface area contributed by atoms with Gasteiger partial charge in [0.1, 0.15) is 5.60 Å². The van der Waals surface area contributed by atoms with Crippen LogP contribution in [-0.2, 0) is 5.60 Å². The molecule has 3 nitrogen and oxygen atoms in total. The van der Waals surface area contributed by atoms with Crippen LogP contribution in [0.1, 0.15) is 22.2 Å². The summed E-state index contributed by atoms with van der Waals surface area (Å²) in [4.78, 5) is 12.6. The van der Waals surface area contributed by atoms with Gasteiger partial charge in [0.25, 0.3) is 5.91 Å². The van der Waals surface area contributed by atoms with E-state index in [4.69, 9.17) is 0 Å². The van der Waals surface area contributed by atoms with E-state index in [1.54, 1.807) is 18.4 Å². The number of thiophene rings is 2. The molecule has 5 heteroatoms. The van der Waals surface area contributed by atoms with Crippen molar-refractivity contribution in [1.29, 1.82) is 0 Å². The SMILES string of the molecule is C[C@@](O)(CNC(=O)c1ccsc1)c1cccs1. The number of aliphatic hydroxyl groups is 1. The van der Waals surface area contributed by atoms with Crippen LogP contribution in [0, 0.1) is 0 Å². The first-order valence-electron chi connectivity index (χ1n) is 5.16. The first kappa shape index (κ1) is 12.3. The summed E-state index contributed by atoms with van der Waals surface area (Å²) < 4.78 is 0. The van der Waals surface area contributed by atoms with Crippen LogP contribution in [0.2, 0.25) is 0 Å². The number of amides is 1. The lowest BCUT2D eigenvalue weighted by Gasteiger charge is -2.22. The monoisotopic (exact) mass is 267 g/mol. The van der Waals surface area contributed by atoms with E-state index in [-0.39, 0.29) is 12.5 Å². The molecule has 0 saturated heterocycles. The number of rotatable bonds is 4. The maximum atomic E-state index is 11.7. The van der Waals surface area contributed by atoms with Crippen molar-refractivity contribution in [3.8, 4) is 0 Å². The zero-order valence-electron chi connectivity index (χ0n) is 9.34. The third kappa shape index (κ3) is 2.94. The van der Waals surface area contributed by atoms with Crippen molar-refractivity contribution in [3.63, 3.8) is 0 Å². The van der Waals surface area contributed by atoms with Crippen LogP contribution in [-0.4, -0.2) is 17.6 Å². The highest BCUT2D eigenvalue weighted by molar-refractivity contribution is 7.10. The highest BCUT2D eigenvalue weighted by atomic mass is 32.1. The van der Waals surface area contributed by atoms with Gasteiger partial charge in [0.05, 0.1) is 6.54 Å². The normalized spacial score (nSPS) is 14.2. The topological polar surface area (TPSA) is 49.3 Å². The Bertz CT molecular complexity index is 475. The number of carbonyl (C=O) groups excluding carboxylic acids is 1. The molecule has 17 heavy (non-hydrogen) atoms. The van der Waals surface area contributed by atoms with E-state index >= 15 is 0 Å². The van der Waals surface area contributed by atoms with Gasteiger partial charge in [-0.2, -0.15) is 11.3 Å². The molecule has 90 valence electrons. The molecule has 0 bridgehead atoms. The smallest absolute Gasteiger partial charge is 0.252 e. The first-order chi connectivity index (χ1) is 8.09. The molecule has 1 amide bonds. The van der Waals surface area contributed by atoms with Crippen molar-refractivity contribution in [2.24, 2.45) is 0 Å². The Labute approximate surface area is 108 Å². The highest BCUT2D eigenvalue weighted by Crippen LogP contribution is 2.24. The molecule has 0 aliphatic carbocycles. The summed E-state index contributed by atoms with van der Waals surface area (Å²) in [5.74, 6) is -0.150. The van der Waals surface area contributed by atoms with Gasteiger partial charge in [-0.15, -0.1) is 11.3 Å². The number of hydrogen-bond acceptors (Lipinski definition) is 4. The van der Waals surface area contributed by atoms with Crippen LogP contribution in [0.4, 0.5) is 0 Å². The van der Waals surface area contributed by atoms with Crippen molar-refractivity contribution in [3.05, 3.63) is 44.8 Å². The summed E-state index contributed by atoms with van der Waals surface area (Å²) >= 11 is 2.96. The predicted molar refractivity (Wildman–Crippen MR) is 70.5 cm³/mol. The molecular formula is C12H13NO2S2. The highest BCUT2D eigenvalue weighted by Gasteiger charge is 2.24. The molecule has 2 aromatic heterocycles. The molecule has 0 aliphatic heterocycles. The maximum Gasteiger partial charge on any atom is 0.252 e. The Morgan fingerprint density at radius 2 is 2.29 bits per heavy atom. The van der Waals surface area contributed by atoms with E-state index in [0.717, 1.165) is 4.88 Å². The van der Waals surface area contributed by atoms with Crippen molar-refractivity contribution in [1.82, 2.24) is 5.32 Å². The minimum atomic E-state index is -1.01. The summed E-state index contributed by atoms with van der Waals surface area (Å²) in [6, 6.07) is 5.51. The lowest BCUT2D eigenvalue weighted by molar-refractivity contribution is 0.0557. The molecule has 0 aromatic carbocycles. The number of carbonyl (C=O) groups is 1. The van der Waals surface area contributed by atoms with Crippen LogP contribution in [0.3, 0.4) is 0 Å². The van der Waals surface area contributed by atoms with E-state index in [9.17, 15) is 9.90 Å².